The molecule has 0 unspecified atom stereocenters. The van der Waals surface area contributed by atoms with E-state index in [1.807, 2.05) is 90.6 Å². The molecule has 7 heteroatoms. The van der Waals surface area contributed by atoms with Crippen molar-refractivity contribution in [1.82, 2.24) is 24.6 Å². The van der Waals surface area contributed by atoms with Crippen LogP contribution in [-0.2, 0) is 11.3 Å². The van der Waals surface area contributed by atoms with E-state index >= 15 is 0 Å². The van der Waals surface area contributed by atoms with Crippen molar-refractivity contribution in [3.05, 3.63) is 102 Å². The molecule has 1 saturated heterocycles. The summed E-state index contributed by atoms with van der Waals surface area (Å²) >= 11 is 0. The lowest BCUT2D eigenvalue weighted by molar-refractivity contribution is -0.126. The van der Waals surface area contributed by atoms with Crippen LogP contribution >= 0.6 is 0 Å². The van der Waals surface area contributed by atoms with E-state index < -0.39 is 0 Å². The van der Waals surface area contributed by atoms with Crippen LogP contribution in [0.5, 0.6) is 0 Å². The fraction of sp³-hybridized carbons (Fsp3) is 0.250. The molecule has 4 aromatic rings. The van der Waals surface area contributed by atoms with Crippen LogP contribution in [0.2, 0.25) is 0 Å². The second-order valence-electron chi connectivity index (χ2n) is 9.01. The maximum absolute atomic E-state index is 13.7. The molecule has 2 amide bonds. The Hall–Kier alpha value is -4.13. The van der Waals surface area contributed by atoms with Crippen molar-refractivity contribution in [2.45, 2.75) is 26.3 Å². The van der Waals surface area contributed by atoms with Gasteiger partial charge in [-0.2, -0.15) is 5.10 Å². The number of aryl methyl sites for hydroxylation is 1. The highest BCUT2D eigenvalue weighted by molar-refractivity contribution is 5.97. The number of nitrogens with one attached hydrogen (secondary N) is 1. The van der Waals surface area contributed by atoms with Gasteiger partial charge in [0.1, 0.15) is 5.56 Å². The largest absolute Gasteiger partial charge is 0.352 e. The number of hydrogen-bond acceptors (Lipinski definition) is 3. The molecule has 0 bridgehead atoms. The van der Waals surface area contributed by atoms with Gasteiger partial charge in [0.05, 0.1) is 17.8 Å². The van der Waals surface area contributed by atoms with Crippen LogP contribution in [0.3, 0.4) is 0 Å². The zero-order valence-electron chi connectivity index (χ0n) is 19.8. The number of carbonyl (C=O) groups excluding carboxylic acids is 2. The first-order valence-corrected chi connectivity index (χ1v) is 12.0. The third kappa shape index (κ3) is 4.89. The number of rotatable bonds is 6. The highest BCUT2D eigenvalue weighted by atomic mass is 16.2. The molecular weight excluding hydrogens is 438 g/mol. The molecule has 3 heterocycles. The van der Waals surface area contributed by atoms with Gasteiger partial charge in [-0.1, -0.05) is 48.0 Å². The van der Waals surface area contributed by atoms with Gasteiger partial charge in [-0.05, 0) is 49.6 Å². The van der Waals surface area contributed by atoms with Crippen LogP contribution < -0.4 is 5.32 Å². The summed E-state index contributed by atoms with van der Waals surface area (Å²) in [6, 6.07) is 21.8. The third-order valence-corrected chi connectivity index (χ3v) is 6.49. The van der Waals surface area contributed by atoms with E-state index in [2.05, 4.69) is 10.4 Å². The molecule has 0 aliphatic carbocycles. The predicted octanol–water partition coefficient (Wildman–Crippen LogP) is 4.14. The molecule has 7 nitrogen and oxygen atoms in total. The fourth-order valence-electron chi connectivity index (χ4n) is 4.56. The summed E-state index contributed by atoms with van der Waals surface area (Å²) in [5, 5.41) is 7.60. The van der Waals surface area contributed by atoms with Crippen molar-refractivity contribution in [3.63, 3.8) is 0 Å². The van der Waals surface area contributed by atoms with Crippen molar-refractivity contribution < 1.29 is 9.59 Å². The molecule has 0 radical (unpaired) electrons. The number of benzene rings is 2. The lowest BCUT2D eigenvalue weighted by atomic mass is 9.96. The molecular formula is C28H29N5O2. The third-order valence-electron chi connectivity index (χ3n) is 6.49. The number of piperidine rings is 1. The van der Waals surface area contributed by atoms with Gasteiger partial charge in [-0.3, -0.25) is 9.59 Å². The van der Waals surface area contributed by atoms with Gasteiger partial charge in [0.15, 0.2) is 5.82 Å². The second kappa shape index (κ2) is 10.0. The molecule has 1 aliphatic heterocycles. The zero-order valence-corrected chi connectivity index (χ0v) is 19.8. The summed E-state index contributed by atoms with van der Waals surface area (Å²) in [6.45, 7) is 3.56. The summed E-state index contributed by atoms with van der Waals surface area (Å²) in [4.78, 5) is 28.4. The van der Waals surface area contributed by atoms with Crippen LogP contribution in [0.1, 0.15) is 34.3 Å². The number of likely N-dealkylation sites (tertiary alicyclic amines) is 1. The maximum atomic E-state index is 13.7. The Balaban J connectivity index is 1.33. The Morgan fingerprint density at radius 3 is 2.49 bits per heavy atom. The van der Waals surface area contributed by atoms with Crippen molar-refractivity contribution in [1.29, 1.82) is 0 Å². The number of carbonyl (C=O) groups is 2. The summed E-state index contributed by atoms with van der Waals surface area (Å²) in [6.07, 6.45) is 7.01. The molecule has 0 spiro atoms. The first-order chi connectivity index (χ1) is 17.1. The lowest BCUT2D eigenvalue weighted by Gasteiger charge is -2.32. The standard InChI is InChI=1S/C28H29N5O2/c1-21-11-13-22(14-12-21)18-29-26(34)23-8-7-17-32(20-23)28(35)25-19-30-33(24-9-3-2-4-10-24)27(25)31-15-5-6-16-31/h2-6,9-16,19,23H,7-8,17-18,20H2,1H3,(H,29,34)/t23-/m1/s1. The number of hydrogen-bond donors (Lipinski definition) is 1. The van der Waals surface area contributed by atoms with Crippen LogP contribution in [0.25, 0.3) is 11.5 Å². The predicted molar refractivity (Wildman–Crippen MR) is 135 cm³/mol. The van der Waals surface area contributed by atoms with Gasteiger partial charge < -0.3 is 14.8 Å². The van der Waals surface area contributed by atoms with E-state index in [1.54, 1.807) is 15.8 Å². The number of nitrogens with zero attached hydrogens (tertiary/aromatic N) is 4. The SMILES string of the molecule is Cc1ccc(CNC(=O)[C@@H]2CCCN(C(=O)c3cnn(-c4ccccc4)c3-n3cccc3)C2)cc1. The van der Waals surface area contributed by atoms with Gasteiger partial charge in [0.25, 0.3) is 5.91 Å². The summed E-state index contributed by atoms with van der Waals surface area (Å²) < 4.78 is 3.69. The van der Waals surface area contributed by atoms with Crippen molar-refractivity contribution >= 4 is 11.8 Å². The van der Waals surface area contributed by atoms with E-state index in [0.29, 0.717) is 31.0 Å². The average Bonchev–Trinajstić information content (AvgIpc) is 3.58. The normalized spacial score (nSPS) is 15.7. The molecule has 0 saturated carbocycles. The first kappa shape index (κ1) is 22.7. The van der Waals surface area contributed by atoms with E-state index in [4.69, 9.17) is 0 Å². The molecule has 1 N–H and O–H groups in total. The highest BCUT2D eigenvalue weighted by Crippen LogP contribution is 2.24. The molecule has 178 valence electrons. The van der Waals surface area contributed by atoms with Crippen LogP contribution in [0.4, 0.5) is 0 Å². The molecule has 2 aromatic heterocycles. The Kier molecular flexibility index (Phi) is 6.48. The van der Waals surface area contributed by atoms with E-state index in [0.717, 1.165) is 24.1 Å². The zero-order chi connectivity index (χ0) is 24.2. The van der Waals surface area contributed by atoms with Gasteiger partial charge in [0.2, 0.25) is 5.91 Å². The van der Waals surface area contributed by atoms with E-state index in [9.17, 15) is 9.59 Å². The summed E-state index contributed by atoms with van der Waals surface area (Å²) in [7, 11) is 0. The van der Waals surface area contributed by atoms with Crippen molar-refractivity contribution in [3.8, 4) is 11.5 Å². The van der Waals surface area contributed by atoms with Gasteiger partial charge in [-0.25, -0.2) is 4.68 Å². The van der Waals surface area contributed by atoms with Crippen LogP contribution in [0.15, 0.2) is 85.3 Å². The molecule has 1 aliphatic rings. The molecule has 35 heavy (non-hydrogen) atoms. The van der Waals surface area contributed by atoms with Gasteiger partial charge >= 0.3 is 0 Å². The average molecular weight is 468 g/mol. The Bertz CT molecular complexity index is 1290. The van der Waals surface area contributed by atoms with Crippen LogP contribution in [0, 0.1) is 12.8 Å². The van der Waals surface area contributed by atoms with E-state index in [-0.39, 0.29) is 17.7 Å². The Morgan fingerprint density at radius 2 is 1.74 bits per heavy atom. The lowest BCUT2D eigenvalue weighted by Crippen LogP contribution is -2.45. The quantitative estimate of drug-likeness (QED) is 0.463. The Labute approximate surface area is 205 Å². The minimum absolute atomic E-state index is 0.00584. The van der Waals surface area contributed by atoms with E-state index in [1.165, 1.54) is 5.56 Å². The van der Waals surface area contributed by atoms with Gasteiger partial charge in [-0.15, -0.1) is 0 Å². The summed E-state index contributed by atoms with van der Waals surface area (Å²) in [5.74, 6) is 0.357. The van der Waals surface area contributed by atoms with Gasteiger partial charge in [0, 0.05) is 32.0 Å². The molecule has 5 rings (SSSR count). The maximum Gasteiger partial charge on any atom is 0.259 e. The first-order valence-electron chi connectivity index (χ1n) is 12.0. The number of para-hydroxylation sites is 1. The number of aromatic nitrogens is 3. The monoisotopic (exact) mass is 467 g/mol. The number of amides is 2. The second-order valence-corrected chi connectivity index (χ2v) is 9.01. The highest BCUT2D eigenvalue weighted by Gasteiger charge is 2.31. The molecule has 1 fully saturated rings. The summed E-state index contributed by atoms with van der Waals surface area (Å²) in [5.41, 5.74) is 3.65. The van der Waals surface area contributed by atoms with Crippen LogP contribution in [-0.4, -0.2) is 44.2 Å². The minimum atomic E-state index is -0.225. The Morgan fingerprint density at radius 1 is 1.00 bits per heavy atom. The fourth-order valence-corrected chi connectivity index (χ4v) is 4.56. The van der Waals surface area contributed by atoms with Crippen molar-refractivity contribution in [2.24, 2.45) is 5.92 Å². The molecule has 2 aromatic carbocycles. The molecule has 1 atom stereocenters. The topological polar surface area (TPSA) is 72.2 Å². The smallest absolute Gasteiger partial charge is 0.259 e. The van der Waals surface area contributed by atoms with Crippen molar-refractivity contribution in [2.75, 3.05) is 13.1 Å². The minimum Gasteiger partial charge on any atom is -0.352 e.